The fourth-order valence-corrected chi connectivity index (χ4v) is 3.14. The van der Waals surface area contributed by atoms with E-state index in [2.05, 4.69) is 31.0 Å². The molecule has 2 fully saturated rings. The van der Waals surface area contributed by atoms with Crippen LogP contribution in [0.5, 0.6) is 0 Å². The van der Waals surface area contributed by atoms with Crippen LogP contribution in [0.4, 0.5) is 0 Å². The lowest BCUT2D eigenvalue weighted by Crippen LogP contribution is -2.49. The molecule has 0 radical (unpaired) electrons. The van der Waals surface area contributed by atoms with Gasteiger partial charge in [-0.15, -0.1) is 0 Å². The molecule has 0 atom stereocenters. The first-order valence-electron chi connectivity index (χ1n) is 7.81. The summed E-state index contributed by atoms with van der Waals surface area (Å²) in [5.74, 6) is 0. The van der Waals surface area contributed by atoms with Crippen molar-refractivity contribution >= 4 is 0 Å². The summed E-state index contributed by atoms with van der Waals surface area (Å²) in [6.07, 6.45) is 7.24. The first-order chi connectivity index (χ1) is 8.67. The number of likely N-dealkylation sites (tertiary alicyclic amines) is 1. The lowest BCUT2D eigenvalue weighted by molar-refractivity contribution is -0.0849. The molecular formula is C15H30N2O. The van der Waals surface area contributed by atoms with Crippen LogP contribution in [0.3, 0.4) is 0 Å². The van der Waals surface area contributed by atoms with Gasteiger partial charge < -0.3 is 15.0 Å². The van der Waals surface area contributed by atoms with Gasteiger partial charge in [-0.1, -0.05) is 20.8 Å². The van der Waals surface area contributed by atoms with E-state index in [0.29, 0.717) is 24.3 Å². The third-order valence-corrected chi connectivity index (χ3v) is 4.12. The van der Waals surface area contributed by atoms with Crippen LogP contribution in [0, 0.1) is 0 Å². The lowest BCUT2D eigenvalue weighted by atomic mass is 9.88. The third kappa shape index (κ3) is 4.22. The number of hydrogen-bond donors (Lipinski definition) is 1. The molecule has 1 aliphatic heterocycles. The molecule has 0 bridgehead atoms. The molecule has 1 saturated carbocycles. The number of hydrogen-bond acceptors (Lipinski definition) is 3. The Morgan fingerprint density at radius 2 is 1.83 bits per heavy atom. The highest BCUT2D eigenvalue weighted by Crippen LogP contribution is 2.27. The second-order valence-corrected chi connectivity index (χ2v) is 6.29. The van der Waals surface area contributed by atoms with E-state index in [9.17, 15) is 0 Å². The summed E-state index contributed by atoms with van der Waals surface area (Å²) in [6, 6.07) is 1.31. The van der Waals surface area contributed by atoms with Gasteiger partial charge in [0.25, 0.3) is 0 Å². The van der Waals surface area contributed by atoms with Crippen molar-refractivity contribution in [2.45, 2.75) is 77.2 Å². The Bertz CT molecular complexity index is 231. The number of piperidine rings is 1. The largest absolute Gasteiger partial charge is 0.375 e. The van der Waals surface area contributed by atoms with Gasteiger partial charge in [-0.3, -0.25) is 0 Å². The maximum absolute atomic E-state index is 6.20. The molecule has 3 nitrogen and oxygen atoms in total. The van der Waals surface area contributed by atoms with Crippen LogP contribution < -0.4 is 5.32 Å². The molecule has 2 rings (SSSR count). The summed E-state index contributed by atoms with van der Waals surface area (Å²) < 4.78 is 6.20. The van der Waals surface area contributed by atoms with Crippen LogP contribution in [0.15, 0.2) is 0 Å². The molecule has 0 unspecified atom stereocenters. The van der Waals surface area contributed by atoms with E-state index >= 15 is 0 Å². The van der Waals surface area contributed by atoms with Crippen LogP contribution in [0.2, 0.25) is 0 Å². The fourth-order valence-electron chi connectivity index (χ4n) is 3.14. The highest BCUT2D eigenvalue weighted by atomic mass is 16.5. The van der Waals surface area contributed by atoms with Crippen molar-refractivity contribution in [3.63, 3.8) is 0 Å². The second kappa shape index (κ2) is 6.88. The van der Waals surface area contributed by atoms with Gasteiger partial charge in [0.05, 0.1) is 12.2 Å². The van der Waals surface area contributed by atoms with Crippen molar-refractivity contribution in [2.75, 3.05) is 19.6 Å². The minimum atomic E-state index is 0.531. The smallest absolute Gasteiger partial charge is 0.0608 e. The fraction of sp³-hybridized carbons (Fsp3) is 1.00. The minimum absolute atomic E-state index is 0.531. The van der Waals surface area contributed by atoms with E-state index in [0.717, 1.165) is 0 Å². The molecule has 0 aromatic rings. The molecular weight excluding hydrogens is 224 g/mol. The molecule has 0 spiro atoms. The number of nitrogens with zero attached hydrogens (tertiary/aromatic N) is 1. The summed E-state index contributed by atoms with van der Waals surface area (Å²) in [6.45, 7) is 10.4. The van der Waals surface area contributed by atoms with E-state index in [1.807, 2.05) is 0 Å². The summed E-state index contributed by atoms with van der Waals surface area (Å²) >= 11 is 0. The van der Waals surface area contributed by atoms with E-state index < -0.39 is 0 Å². The summed E-state index contributed by atoms with van der Waals surface area (Å²) in [7, 11) is 0. The molecule has 0 amide bonds. The molecule has 1 N–H and O–H groups in total. The molecule has 0 aromatic heterocycles. The highest BCUT2D eigenvalue weighted by Gasteiger charge is 2.32. The van der Waals surface area contributed by atoms with Gasteiger partial charge in [0.2, 0.25) is 0 Å². The Labute approximate surface area is 112 Å². The zero-order valence-corrected chi connectivity index (χ0v) is 12.3. The van der Waals surface area contributed by atoms with Gasteiger partial charge in [-0.05, 0) is 38.6 Å². The van der Waals surface area contributed by atoms with Crippen molar-refractivity contribution in [2.24, 2.45) is 0 Å². The van der Waals surface area contributed by atoms with Gasteiger partial charge in [-0.2, -0.15) is 0 Å². The quantitative estimate of drug-likeness (QED) is 0.788. The van der Waals surface area contributed by atoms with Crippen LogP contribution >= 0.6 is 0 Å². The molecule has 1 aliphatic carbocycles. The Hall–Kier alpha value is -0.120. The van der Waals surface area contributed by atoms with Crippen molar-refractivity contribution in [1.82, 2.24) is 10.2 Å². The van der Waals surface area contributed by atoms with Crippen LogP contribution in [0.1, 0.15) is 52.9 Å². The molecule has 18 heavy (non-hydrogen) atoms. The topological polar surface area (TPSA) is 24.5 Å². The molecule has 1 saturated heterocycles. The van der Waals surface area contributed by atoms with Crippen molar-refractivity contribution in [1.29, 1.82) is 0 Å². The minimum Gasteiger partial charge on any atom is -0.375 e. The Morgan fingerprint density at radius 1 is 1.17 bits per heavy atom. The van der Waals surface area contributed by atoms with E-state index in [4.69, 9.17) is 4.74 Å². The Kier molecular flexibility index (Phi) is 5.46. The average molecular weight is 254 g/mol. The van der Waals surface area contributed by atoms with E-state index in [-0.39, 0.29) is 0 Å². The molecule has 2 aliphatic rings. The first kappa shape index (κ1) is 14.3. The maximum atomic E-state index is 6.20. The summed E-state index contributed by atoms with van der Waals surface area (Å²) in [5, 5.41) is 3.58. The summed E-state index contributed by atoms with van der Waals surface area (Å²) in [4.78, 5) is 2.57. The highest BCUT2D eigenvalue weighted by molar-refractivity contribution is 4.88. The first-order valence-corrected chi connectivity index (χ1v) is 7.81. The number of nitrogens with one attached hydrogen (secondary N) is 1. The third-order valence-electron chi connectivity index (χ3n) is 4.12. The zero-order chi connectivity index (χ0) is 13.0. The van der Waals surface area contributed by atoms with Crippen LogP contribution in [0.25, 0.3) is 0 Å². The predicted molar refractivity (Wildman–Crippen MR) is 75.9 cm³/mol. The van der Waals surface area contributed by atoms with Crippen molar-refractivity contribution in [3.05, 3.63) is 0 Å². The molecule has 106 valence electrons. The molecule has 0 aromatic carbocycles. The van der Waals surface area contributed by atoms with Gasteiger partial charge in [0.15, 0.2) is 0 Å². The van der Waals surface area contributed by atoms with Gasteiger partial charge in [-0.25, -0.2) is 0 Å². The molecule has 3 heteroatoms. The van der Waals surface area contributed by atoms with E-state index in [1.54, 1.807) is 0 Å². The second-order valence-electron chi connectivity index (χ2n) is 6.29. The predicted octanol–water partition coefficient (Wildman–Crippen LogP) is 2.41. The number of ether oxygens (including phenoxy) is 1. The van der Waals surface area contributed by atoms with E-state index in [1.165, 1.54) is 51.7 Å². The van der Waals surface area contributed by atoms with Gasteiger partial charge in [0.1, 0.15) is 0 Å². The van der Waals surface area contributed by atoms with Crippen LogP contribution in [-0.2, 0) is 4.74 Å². The Balaban J connectivity index is 1.56. The van der Waals surface area contributed by atoms with Crippen LogP contribution in [-0.4, -0.2) is 48.8 Å². The van der Waals surface area contributed by atoms with Crippen molar-refractivity contribution in [3.8, 4) is 0 Å². The molecule has 1 heterocycles. The summed E-state index contributed by atoms with van der Waals surface area (Å²) in [5.41, 5.74) is 0. The number of rotatable bonds is 6. The maximum Gasteiger partial charge on any atom is 0.0608 e. The Morgan fingerprint density at radius 3 is 2.39 bits per heavy atom. The monoisotopic (exact) mass is 254 g/mol. The standard InChI is InChI=1S/C15H30N2O/c1-4-7-17-8-5-14(6-9-17)18-15-10-13(11-15)16-12(2)3/h12-16H,4-11H2,1-3H3. The average Bonchev–Trinajstić information content (AvgIpc) is 2.28. The SMILES string of the molecule is CCCN1CCC(OC2CC(NC(C)C)C2)CC1. The lowest BCUT2D eigenvalue weighted by Gasteiger charge is -2.41. The van der Waals surface area contributed by atoms with Gasteiger partial charge in [0, 0.05) is 25.2 Å². The van der Waals surface area contributed by atoms with Crippen molar-refractivity contribution < 1.29 is 4.74 Å². The van der Waals surface area contributed by atoms with Gasteiger partial charge >= 0.3 is 0 Å². The normalized spacial score (nSPS) is 30.7. The zero-order valence-electron chi connectivity index (χ0n) is 12.3.